The lowest BCUT2D eigenvalue weighted by molar-refractivity contribution is -0.137. The molecule has 25 heavy (non-hydrogen) atoms. The number of aryl methyl sites for hydroxylation is 1. The van der Waals surface area contributed by atoms with Crippen LogP contribution in [-0.4, -0.2) is 0 Å². The van der Waals surface area contributed by atoms with Crippen molar-refractivity contribution in [1.82, 2.24) is 0 Å². The molecule has 0 N–H and O–H groups in total. The van der Waals surface area contributed by atoms with Gasteiger partial charge in [-0.25, -0.2) is 0 Å². The molecule has 1 aromatic rings. The lowest BCUT2D eigenvalue weighted by Gasteiger charge is -2.26. The van der Waals surface area contributed by atoms with Crippen molar-refractivity contribution in [3.63, 3.8) is 0 Å². The Morgan fingerprint density at radius 3 is 2.32 bits per heavy atom. The van der Waals surface area contributed by atoms with Crippen LogP contribution in [0.5, 0.6) is 0 Å². The Morgan fingerprint density at radius 2 is 1.76 bits per heavy atom. The third-order valence-corrected chi connectivity index (χ3v) is 4.75. The molecule has 0 amide bonds. The van der Waals surface area contributed by atoms with Crippen LogP contribution in [0, 0.1) is 23.2 Å². The lowest BCUT2D eigenvalue weighted by Crippen LogP contribution is -2.13. The highest BCUT2D eigenvalue weighted by Crippen LogP contribution is 2.33. The number of halogens is 4. The van der Waals surface area contributed by atoms with Gasteiger partial charge in [-0.15, -0.1) is 0 Å². The van der Waals surface area contributed by atoms with Gasteiger partial charge < -0.3 is 0 Å². The van der Waals surface area contributed by atoms with E-state index in [0.29, 0.717) is 11.8 Å². The number of nitriles is 1. The summed E-state index contributed by atoms with van der Waals surface area (Å²) < 4.78 is 50.3. The van der Waals surface area contributed by atoms with Crippen LogP contribution in [0.2, 0.25) is 0 Å². The normalized spacial score (nSPS) is 22.1. The molecule has 0 atom stereocenters. The molecule has 0 aromatic heterocycles. The monoisotopic (exact) mass is 351 g/mol. The quantitative estimate of drug-likeness (QED) is 0.343. The minimum atomic E-state index is -4.28. The average molecular weight is 351 g/mol. The Labute approximate surface area is 145 Å². The summed E-state index contributed by atoms with van der Waals surface area (Å²) in [5.41, 5.74) is 0.331. The van der Waals surface area contributed by atoms with Gasteiger partial charge >= 0.3 is 6.18 Å². The predicted molar refractivity (Wildman–Crippen MR) is 89.2 cm³/mol. The highest BCUT2D eigenvalue weighted by atomic mass is 19.4. The van der Waals surface area contributed by atoms with E-state index in [0.717, 1.165) is 56.2 Å². The molecule has 1 aliphatic carbocycles. The first-order valence-corrected chi connectivity index (χ1v) is 8.48. The second-order valence-electron chi connectivity index (χ2n) is 6.53. The van der Waals surface area contributed by atoms with Crippen LogP contribution in [0.15, 0.2) is 48.3 Å². The molecule has 1 nitrogen and oxygen atoms in total. The maximum Gasteiger partial charge on any atom is 0.416 e. The fourth-order valence-electron chi connectivity index (χ4n) is 3.23. The number of hydrogen-bond donors (Lipinski definition) is 0. The molecule has 0 heterocycles. The summed E-state index contributed by atoms with van der Waals surface area (Å²) in [6.45, 7) is 0. The van der Waals surface area contributed by atoms with Crippen LogP contribution in [0.1, 0.15) is 43.2 Å². The third kappa shape index (κ3) is 6.38. The van der Waals surface area contributed by atoms with Gasteiger partial charge in [0.1, 0.15) is 6.07 Å². The number of nitrogens with zero attached hydrogens (tertiary/aromatic N) is 1. The summed E-state index contributed by atoms with van der Waals surface area (Å²) >= 11 is 0. The molecule has 0 bridgehead atoms. The Balaban J connectivity index is 1.74. The van der Waals surface area contributed by atoms with Crippen molar-refractivity contribution in [2.75, 3.05) is 0 Å². The minimum absolute atomic E-state index is 0.407. The molecular formula is C20H21F4N. The van der Waals surface area contributed by atoms with Crippen LogP contribution in [0.25, 0.3) is 0 Å². The lowest BCUT2D eigenvalue weighted by atomic mass is 9.79. The van der Waals surface area contributed by atoms with Gasteiger partial charge in [-0.1, -0.05) is 24.3 Å². The Hall–Kier alpha value is -2.09. The third-order valence-electron chi connectivity index (χ3n) is 4.75. The number of rotatable bonds is 5. The van der Waals surface area contributed by atoms with E-state index in [1.54, 1.807) is 18.2 Å². The van der Waals surface area contributed by atoms with E-state index >= 15 is 0 Å². The second kappa shape index (κ2) is 8.84. The Bertz CT molecular complexity index is 642. The summed E-state index contributed by atoms with van der Waals surface area (Å²) in [6, 6.07) is 6.85. The largest absolute Gasteiger partial charge is 0.416 e. The topological polar surface area (TPSA) is 23.8 Å². The van der Waals surface area contributed by atoms with Crippen molar-refractivity contribution < 1.29 is 17.6 Å². The first kappa shape index (κ1) is 19.2. The summed E-state index contributed by atoms with van der Waals surface area (Å²) in [5.74, 6) is 0.199. The van der Waals surface area contributed by atoms with Gasteiger partial charge in [0.05, 0.1) is 5.56 Å². The van der Waals surface area contributed by atoms with Crippen molar-refractivity contribution >= 4 is 0 Å². The van der Waals surface area contributed by atoms with Crippen molar-refractivity contribution in [2.24, 2.45) is 11.8 Å². The van der Waals surface area contributed by atoms with Crippen molar-refractivity contribution in [3.05, 3.63) is 59.4 Å². The van der Waals surface area contributed by atoms with E-state index in [9.17, 15) is 17.6 Å². The highest BCUT2D eigenvalue weighted by molar-refractivity contribution is 5.24. The SMILES string of the molecule is N#C/C(F)=C/C=C/[C@H]1CC[C@H](CCc2ccc(C(F)(F)F)cc2)CC1. The zero-order valence-corrected chi connectivity index (χ0v) is 13.9. The summed E-state index contributed by atoms with van der Waals surface area (Å²) in [4.78, 5) is 0. The van der Waals surface area contributed by atoms with E-state index in [-0.39, 0.29) is 0 Å². The molecule has 1 aliphatic rings. The van der Waals surface area contributed by atoms with Crippen molar-refractivity contribution in [2.45, 2.75) is 44.7 Å². The molecule has 2 rings (SSSR count). The van der Waals surface area contributed by atoms with Crippen LogP contribution in [0.4, 0.5) is 17.6 Å². The maximum absolute atomic E-state index is 12.7. The number of allylic oxidation sites excluding steroid dienone is 4. The van der Waals surface area contributed by atoms with E-state index < -0.39 is 17.6 Å². The molecule has 0 radical (unpaired) electrons. The molecule has 0 saturated heterocycles. The summed E-state index contributed by atoms with van der Waals surface area (Å²) in [7, 11) is 0. The van der Waals surface area contributed by atoms with E-state index in [4.69, 9.17) is 5.26 Å². The number of benzene rings is 1. The Morgan fingerprint density at radius 1 is 1.12 bits per heavy atom. The first-order chi connectivity index (χ1) is 11.9. The van der Waals surface area contributed by atoms with Crippen molar-refractivity contribution in [1.29, 1.82) is 5.26 Å². The fraction of sp³-hybridized carbons (Fsp3) is 0.450. The van der Waals surface area contributed by atoms with Gasteiger partial charge in [0.15, 0.2) is 5.83 Å². The van der Waals surface area contributed by atoms with Crippen LogP contribution in [0.3, 0.4) is 0 Å². The fourth-order valence-corrected chi connectivity index (χ4v) is 3.23. The second-order valence-corrected chi connectivity index (χ2v) is 6.53. The number of alkyl halides is 3. The zero-order valence-electron chi connectivity index (χ0n) is 13.9. The molecule has 1 aromatic carbocycles. The number of hydrogen-bond acceptors (Lipinski definition) is 1. The van der Waals surface area contributed by atoms with E-state index in [2.05, 4.69) is 0 Å². The molecule has 0 aliphatic heterocycles. The molecule has 5 heteroatoms. The minimum Gasteiger partial charge on any atom is -0.195 e. The molecule has 1 fully saturated rings. The summed E-state index contributed by atoms with van der Waals surface area (Å²) in [5, 5.41) is 8.33. The Kier molecular flexibility index (Phi) is 6.81. The van der Waals surface area contributed by atoms with Gasteiger partial charge in [-0.2, -0.15) is 22.8 Å². The van der Waals surface area contributed by atoms with Crippen molar-refractivity contribution in [3.8, 4) is 6.07 Å². The summed E-state index contributed by atoms with van der Waals surface area (Å²) in [6.07, 6.45) is 6.40. The standard InChI is InChI=1S/C20H21F4N/c21-19(14-25)3-1-2-15-4-6-16(7-5-15)8-9-17-10-12-18(13-11-17)20(22,23)24/h1-3,10-13,15-16H,4-9H2/b2-1+,19-3-/t15-,16-. The highest BCUT2D eigenvalue weighted by Gasteiger charge is 2.29. The van der Waals surface area contributed by atoms with E-state index in [1.165, 1.54) is 12.1 Å². The smallest absolute Gasteiger partial charge is 0.195 e. The van der Waals surface area contributed by atoms with Gasteiger partial charge in [0, 0.05) is 0 Å². The van der Waals surface area contributed by atoms with E-state index in [1.807, 2.05) is 6.08 Å². The van der Waals surface area contributed by atoms with Crippen LogP contribution >= 0.6 is 0 Å². The van der Waals surface area contributed by atoms with Gasteiger partial charge in [0.25, 0.3) is 0 Å². The zero-order chi connectivity index (χ0) is 18.3. The van der Waals surface area contributed by atoms with Crippen LogP contribution in [-0.2, 0) is 12.6 Å². The molecule has 1 saturated carbocycles. The molecule has 0 unspecified atom stereocenters. The average Bonchev–Trinajstić information content (AvgIpc) is 2.60. The molecular weight excluding hydrogens is 330 g/mol. The molecule has 0 spiro atoms. The van der Waals surface area contributed by atoms with Gasteiger partial charge in [0.2, 0.25) is 0 Å². The first-order valence-electron chi connectivity index (χ1n) is 8.48. The van der Waals surface area contributed by atoms with Gasteiger partial charge in [-0.3, -0.25) is 0 Å². The predicted octanol–water partition coefficient (Wildman–Crippen LogP) is 6.38. The maximum atomic E-state index is 12.7. The van der Waals surface area contributed by atoms with Gasteiger partial charge in [-0.05, 0) is 74.1 Å². The molecule has 134 valence electrons. The van der Waals surface area contributed by atoms with Crippen LogP contribution < -0.4 is 0 Å².